The second-order valence-corrected chi connectivity index (χ2v) is 19.6. The van der Waals surface area contributed by atoms with Crippen LogP contribution in [-0.2, 0) is 20.1 Å². The predicted octanol–water partition coefficient (Wildman–Crippen LogP) is 19.5. The Hall–Kier alpha value is -9.90. The molecular weight excluding hydrogens is 1150 g/mol. The van der Waals surface area contributed by atoms with Crippen molar-refractivity contribution in [2.24, 2.45) is 0 Å². The Bertz CT molecular complexity index is 4360. The molecule has 14 aromatic rings. The van der Waals surface area contributed by atoms with Crippen molar-refractivity contribution in [3.8, 4) is 123 Å². The molecule has 0 spiro atoms. The SMILES string of the molecule is [Ir+3].[c-]1cc(-c2ccccc2-c2cc(-c3ccccc3-c3c[c-]c(-c4ccccn4)cc3)cc(-c3ccccc3-c3c[c-]c(-c4nccc5c4oc4ccccc45)cc3-c3ccc(-c4ccccc4)cc3)c2)ccc1-c1ccccn1. The van der Waals surface area contributed by atoms with Crippen LogP contribution < -0.4 is 0 Å². The zero-order valence-corrected chi connectivity index (χ0v) is 45.5. The Kier molecular flexibility index (Phi) is 13.6. The van der Waals surface area contributed by atoms with Crippen LogP contribution in [0.3, 0.4) is 0 Å². The van der Waals surface area contributed by atoms with Crippen molar-refractivity contribution in [1.82, 2.24) is 15.0 Å². The van der Waals surface area contributed by atoms with Gasteiger partial charge in [0.25, 0.3) is 0 Å². The second-order valence-electron chi connectivity index (χ2n) is 19.6. The second kappa shape index (κ2) is 21.9. The van der Waals surface area contributed by atoms with Gasteiger partial charge in [-0.25, -0.2) is 0 Å². The molecule has 0 unspecified atom stereocenters. The maximum atomic E-state index is 6.56. The normalized spacial score (nSPS) is 11.2. The van der Waals surface area contributed by atoms with Crippen LogP contribution in [0.4, 0.5) is 0 Å². The summed E-state index contributed by atoms with van der Waals surface area (Å²) in [6.07, 6.45) is 5.51. The minimum absolute atomic E-state index is 0. The third-order valence-electron chi connectivity index (χ3n) is 14.9. The summed E-state index contributed by atoms with van der Waals surface area (Å²) in [6, 6.07) is 103. The van der Waals surface area contributed by atoms with Gasteiger partial charge in [-0.2, -0.15) is 0 Å². The van der Waals surface area contributed by atoms with Crippen LogP contribution >= 0.6 is 0 Å². The topological polar surface area (TPSA) is 51.8 Å². The molecule has 14 rings (SSSR count). The molecule has 0 radical (unpaired) electrons. The number of fused-ring (bicyclic) bond motifs is 3. The standard InChI is InChI=1S/C75H46N3O.Ir/c1-2-16-50(17-3-1)51-28-30-54(31-29-51)70-49-57(74-75-69(42-45-78-74)68-24-10-11-27-73(68)79-75)40-41-67(70)66-23-9-8-22-65(66)60-47-58(63-20-6-4-18-61(63)52-32-36-55(37-33-52)71-25-12-14-43-76-71)46-59(48-60)64-21-7-5-19-62(64)53-34-38-56(39-35-53)72-26-13-15-44-77-72;/h1-36,38,41-49H;/q-3;+3. The van der Waals surface area contributed by atoms with Gasteiger partial charge in [-0.1, -0.05) is 209 Å². The van der Waals surface area contributed by atoms with Crippen LogP contribution in [0, 0.1) is 18.2 Å². The van der Waals surface area contributed by atoms with Crippen molar-refractivity contribution in [2.75, 3.05) is 0 Å². The number of nitrogens with zero attached hydrogens (tertiary/aromatic N) is 3. The summed E-state index contributed by atoms with van der Waals surface area (Å²) in [5.74, 6) is 0. The smallest absolute Gasteiger partial charge is 0.464 e. The number of para-hydroxylation sites is 1. The monoisotopic (exact) mass is 1200 g/mol. The third kappa shape index (κ3) is 9.56. The van der Waals surface area contributed by atoms with Crippen LogP contribution in [0.15, 0.2) is 284 Å². The van der Waals surface area contributed by atoms with Crippen molar-refractivity contribution >= 4 is 21.9 Å². The fourth-order valence-electron chi connectivity index (χ4n) is 11.0. The molecule has 0 aliphatic rings. The molecule has 5 heteroatoms. The van der Waals surface area contributed by atoms with E-state index in [1.54, 1.807) is 0 Å². The van der Waals surface area contributed by atoms with Gasteiger partial charge in [-0.3, -0.25) is 0 Å². The Morgan fingerprint density at radius 1 is 0.275 bits per heavy atom. The van der Waals surface area contributed by atoms with Gasteiger partial charge in [-0.05, 0) is 104 Å². The Morgan fingerprint density at radius 3 is 1.29 bits per heavy atom. The first-order valence-corrected chi connectivity index (χ1v) is 26.5. The molecule has 0 N–H and O–H groups in total. The molecule has 0 amide bonds. The Balaban J connectivity index is 0.00000605. The largest absolute Gasteiger partial charge is 3.00 e. The average Bonchev–Trinajstić information content (AvgIpc) is 3.95. The molecule has 0 atom stereocenters. The summed E-state index contributed by atoms with van der Waals surface area (Å²) in [6.45, 7) is 0. The van der Waals surface area contributed by atoms with E-state index in [1.165, 1.54) is 5.56 Å². The van der Waals surface area contributed by atoms with Crippen molar-refractivity contribution in [3.05, 3.63) is 298 Å². The molecule has 0 aliphatic heterocycles. The number of hydrogen-bond donors (Lipinski definition) is 0. The van der Waals surface area contributed by atoms with Crippen LogP contribution in [0.5, 0.6) is 0 Å². The van der Waals surface area contributed by atoms with E-state index in [0.717, 1.165) is 139 Å². The average molecular weight is 1200 g/mol. The quantitative estimate of drug-likeness (QED) is 0.121. The van der Waals surface area contributed by atoms with E-state index >= 15 is 0 Å². The van der Waals surface area contributed by atoms with E-state index < -0.39 is 0 Å². The van der Waals surface area contributed by atoms with Gasteiger partial charge in [0.1, 0.15) is 11.2 Å². The van der Waals surface area contributed by atoms with Gasteiger partial charge >= 0.3 is 20.1 Å². The van der Waals surface area contributed by atoms with Gasteiger partial charge in [0, 0.05) is 35.1 Å². The van der Waals surface area contributed by atoms with Crippen molar-refractivity contribution in [2.45, 2.75) is 0 Å². The van der Waals surface area contributed by atoms with Gasteiger partial charge in [0.15, 0.2) is 0 Å². The summed E-state index contributed by atoms with van der Waals surface area (Å²) in [5, 5.41) is 2.08. The molecule has 80 heavy (non-hydrogen) atoms. The molecule has 10 aromatic carbocycles. The first-order valence-electron chi connectivity index (χ1n) is 26.5. The predicted molar refractivity (Wildman–Crippen MR) is 323 cm³/mol. The zero-order chi connectivity index (χ0) is 52.5. The van der Waals surface area contributed by atoms with Crippen molar-refractivity contribution < 1.29 is 24.5 Å². The van der Waals surface area contributed by atoms with Gasteiger partial charge in [-0.15, -0.1) is 83.4 Å². The molecule has 4 nitrogen and oxygen atoms in total. The van der Waals surface area contributed by atoms with Crippen LogP contribution in [0.25, 0.3) is 145 Å². The fourth-order valence-corrected chi connectivity index (χ4v) is 11.0. The summed E-state index contributed by atoms with van der Waals surface area (Å²) in [7, 11) is 0. The number of furan rings is 1. The number of hydrogen-bond acceptors (Lipinski definition) is 4. The van der Waals surface area contributed by atoms with Crippen LogP contribution in [0.2, 0.25) is 0 Å². The van der Waals surface area contributed by atoms with E-state index in [9.17, 15) is 0 Å². The molecule has 0 saturated carbocycles. The van der Waals surface area contributed by atoms with Gasteiger partial charge < -0.3 is 19.4 Å². The van der Waals surface area contributed by atoms with Gasteiger partial charge in [0.05, 0.1) is 0 Å². The summed E-state index contributed by atoms with van der Waals surface area (Å²) in [5.41, 5.74) is 24.3. The number of rotatable bonds is 11. The van der Waals surface area contributed by atoms with Crippen LogP contribution in [0.1, 0.15) is 0 Å². The Labute approximate surface area is 478 Å². The summed E-state index contributed by atoms with van der Waals surface area (Å²) in [4.78, 5) is 14.2. The Morgan fingerprint density at radius 2 is 0.738 bits per heavy atom. The van der Waals surface area contributed by atoms with E-state index in [-0.39, 0.29) is 20.1 Å². The molecule has 0 saturated heterocycles. The van der Waals surface area contributed by atoms with Crippen LogP contribution in [-0.4, -0.2) is 15.0 Å². The van der Waals surface area contributed by atoms with E-state index in [1.807, 2.05) is 79.3 Å². The van der Waals surface area contributed by atoms with Gasteiger partial charge in [0.2, 0.25) is 0 Å². The molecule has 0 aliphatic carbocycles. The first kappa shape index (κ1) is 49.7. The molecule has 376 valence electrons. The van der Waals surface area contributed by atoms with E-state index in [0.29, 0.717) is 0 Å². The molecule has 4 heterocycles. The van der Waals surface area contributed by atoms with Crippen molar-refractivity contribution in [3.63, 3.8) is 0 Å². The maximum absolute atomic E-state index is 6.56. The number of pyridine rings is 3. The molecule has 0 fully saturated rings. The fraction of sp³-hybridized carbons (Fsp3) is 0. The minimum Gasteiger partial charge on any atom is -0.464 e. The number of aromatic nitrogens is 3. The third-order valence-corrected chi connectivity index (χ3v) is 14.9. The first-order chi connectivity index (χ1) is 39.2. The van der Waals surface area contributed by atoms with E-state index in [2.05, 4.69) is 228 Å². The maximum Gasteiger partial charge on any atom is 3.00 e. The van der Waals surface area contributed by atoms with Crippen molar-refractivity contribution in [1.29, 1.82) is 0 Å². The minimum atomic E-state index is 0. The number of benzene rings is 10. The zero-order valence-electron chi connectivity index (χ0n) is 43.1. The molecule has 4 aromatic heterocycles. The molecule has 0 bridgehead atoms. The molecular formula is C75H46IrN3O. The summed E-state index contributed by atoms with van der Waals surface area (Å²) < 4.78 is 6.56. The summed E-state index contributed by atoms with van der Waals surface area (Å²) >= 11 is 0. The van der Waals surface area contributed by atoms with E-state index in [4.69, 9.17) is 9.40 Å².